The van der Waals surface area contributed by atoms with Gasteiger partial charge in [0.15, 0.2) is 0 Å². The van der Waals surface area contributed by atoms with E-state index in [4.69, 9.17) is 9.72 Å². The quantitative estimate of drug-likeness (QED) is 0.149. The molecular formula is C54H52N4OPt. The summed E-state index contributed by atoms with van der Waals surface area (Å²) in [6.07, 6.45) is 1.91. The number of hydrogen-bond acceptors (Lipinski definition) is 4. The van der Waals surface area contributed by atoms with Gasteiger partial charge in [0, 0.05) is 45.7 Å². The number of anilines is 4. The van der Waals surface area contributed by atoms with Crippen molar-refractivity contribution in [3.63, 3.8) is 0 Å². The summed E-state index contributed by atoms with van der Waals surface area (Å²) >= 11 is 0. The third-order valence-corrected chi connectivity index (χ3v) is 11.6. The largest absolute Gasteiger partial charge is 4.00 e. The predicted octanol–water partition coefficient (Wildman–Crippen LogP) is 14.3. The van der Waals surface area contributed by atoms with E-state index in [1.54, 1.807) is 0 Å². The van der Waals surface area contributed by atoms with Crippen LogP contribution in [0, 0.1) is 26.2 Å². The second-order valence-corrected chi connectivity index (χ2v) is 17.9. The molecule has 9 rings (SSSR count). The Morgan fingerprint density at radius 2 is 1.20 bits per heavy atom. The van der Waals surface area contributed by atoms with Gasteiger partial charge in [0.25, 0.3) is 0 Å². The Kier molecular flexibility index (Phi) is 11.4. The molecular weight excluding hydrogens is 916 g/mol. The molecule has 0 unspecified atom stereocenters. The van der Waals surface area contributed by atoms with Crippen molar-refractivity contribution in [1.82, 2.24) is 9.55 Å². The van der Waals surface area contributed by atoms with Crippen LogP contribution in [0.25, 0.3) is 27.6 Å². The molecule has 0 amide bonds. The third kappa shape index (κ3) is 7.77. The van der Waals surface area contributed by atoms with E-state index < -0.39 is 0 Å². The molecule has 0 saturated heterocycles. The number of para-hydroxylation sites is 2. The topological polar surface area (TPSA) is 33.5 Å². The minimum Gasteiger partial charge on any atom is -0.509 e. The van der Waals surface area contributed by atoms with E-state index in [1.165, 1.54) is 27.6 Å². The van der Waals surface area contributed by atoms with Crippen LogP contribution in [-0.4, -0.2) is 9.55 Å². The maximum Gasteiger partial charge on any atom is 4.00 e. The fourth-order valence-corrected chi connectivity index (χ4v) is 8.03. The Hall–Kier alpha value is -5.64. The molecule has 0 N–H and O–H groups in total. The maximum absolute atomic E-state index is 6.63. The second kappa shape index (κ2) is 16.1. The molecule has 8 aromatic rings. The summed E-state index contributed by atoms with van der Waals surface area (Å²) in [6.45, 7) is 20.2. The molecule has 0 atom stereocenters. The molecule has 0 radical (unpaired) electrons. The molecule has 1 aliphatic rings. The molecule has 0 spiro atoms. The number of benzene rings is 6. The van der Waals surface area contributed by atoms with Crippen molar-refractivity contribution in [1.29, 1.82) is 0 Å². The Bertz CT molecular complexity index is 2810. The zero-order chi connectivity index (χ0) is 40.4. The summed E-state index contributed by atoms with van der Waals surface area (Å²) in [5.41, 5.74) is 11.0. The number of fused-ring (bicyclic) bond motifs is 4. The molecule has 0 bridgehead atoms. The number of nitrogens with zero attached hydrogens (tertiary/aromatic N) is 4. The van der Waals surface area contributed by atoms with Crippen molar-refractivity contribution < 1.29 is 25.8 Å². The van der Waals surface area contributed by atoms with E-state index in [1.807, 2.05) is 24.4 Å². The monoisotopic (exact) mass is 967 g/mol. The van der Waals surface area contributed by atoms with Gasteiger partial charge in [0.05, 0.1) is 0 Å². The van der Waals surface area contributed by atoms with Crippen molar-refractivity contribution in [2.24, 2.45) is 0 Å². The van der Waals surface area contributed by atoms with Gasteiger partial charge in [-0.25, -0.2) is 4.98 Å². The number of rotatable bonds is 7. The van der Waals surface area contributed by atoms with Crippen LogP contribution >= 0.6 is 0 Å². The minimum atomic E-state index is -0.160. The van der Waals surface area contributed by atoms with Crippen LogP contribution in [0.4, 0.5) is 22.7 Å². The first-order valence-electron chi connectivity index (χ1n) is 20.1. The van der Waals surface area contributed by atoms with E-state index in [0.717, 1.165) is 45.0 Å². The van der Waals surface area contributed by atoms with Gasteiger partial charge in [0.1, 0.15) is 5.82 Å². The van der Waals surface area contributed by atoms with Crippen LogP contribution in [0.5, 0.6) is 11.5 Å². The fourth-order valence-electron chi connectivity index (χ4n) is 8.03. The maximum atomic E-state index is 6.63. The fraction of sp³-hybridized carbons (Fsp3) is 0.204. The van der Waals surface area contributed by atoms with Crippen molar-refractivity contribution in [2.45, 2.75) is 71.6 Å². The van der Waals surface area contributed by atoms with E-state index >= 15 is 0 Å². The van der Waals surface area contributed by atoms with Crippen molar-refractivity contribution >= 4 is 44.6 Å². The third-order valence-electron chi connectivity index (χ3n) is 11.6. The Balaban J connectivity index is 0.00000272. The van der Waals surface area contributed by atoms with Crippen molar-refractivity contribution in [3.05, 3.63) is 194 Å². The molecule has 1 aliphatic heterocycles. The number of pyridine rings is 1. The van der Waals surface area contributed by atoms with Crippen LogP contribution < -0.4 is 14.5 Å². The van der Waals surface area contributed by atoms with Gasteiger partial charge in [-0.2, -0.15) is 12.1 Å². The van der Waals surface area contributed by atoms with Gasteiger partial charge in [0.2, 0.25) is 0 Å². The van der Waals surface area contributed by atoms with E-state index in [2.05, 4.69) is 210 Å². The molecule has 6 heteroatoms. The summed E-state index contributed by atoms with van der Waals surface area (Å²) in [7, 11) is 0. The Labute approximate surface area is 370 Å². The smallest absolute Gasteiger partial charge is 0.509 e. The van der Waals surface area contributed by atoms with Crippen LogP contribution in [-0.2, 0) is 37.3 Å². The normalized spacial score (nSPS) is 12.9. The van der Waals surface area contributed by atoms with Gasteiger partial charge in [-0.3, -0.25) is 0 Å². The standard InChI is InChI=1S/C53H49N4O.CH3.Pt/c1-51(2,3)37-24-27-46-45(31-37)44-26-25-43(34-49(44)57(46)50-32-38(28-29-54-50)52(4,5)6)58-42-21-15-20-41(33-42)56-35-55(47-22-12-13-23-48(47)56)40-19-14-18-39(30-40)53(7,8)36-16-10-9-11-17-36;;/h9-32,35H,1-8H3;1H3;/q-3;-1;+4. The summed E-state index contributed by atoms with van der Waals surface area (Å²) < 4.78 is 8.85. The zero-order valence-corrected chi connectivity index (χ0v) is 38.2. The first kappa shape index (κ1) is 42.5. The molecule has 3 heterocycles. The molecule has 2 aromatic heterocycles. The minimum absolute atomic E-state index is 0. The van der Waals surface area contributed by atoms with Gasteiger partial charge >= 0.3 is 21.1 Å². The van der Waals surface area contributed by atoms with Crippen molar-refractivity contribution in [3.8, 4) is 17.3 Å². The van der Waals surface area contributed by atoms with E-state index in [0.29, 0.717) is 11.5 Å². The summed E-state index contributed by atoms with van der Waals surface area (Å²) in [4.78, 5) is 9.34. The van der Waals surface area contributed by atoms with Crippen LogP contribution in [0.3, 0.4) is 0 Å². The SMILES string of the molecule is CC(C)(C)c1ccnc(-n2c3[c-]c(Oc4[c-]c(N5[CH-]N(c6cccc(C(C)(C)c7ccccc7)c6)c6ccccc65)ccc4)ccc3c3cc(C(C)(C)C)ccc32)c1.[CH3-].[Pt+4]. The second-order valence-electron chi connectivity index (χ2n) is 17.9. The Morgan fingerprint density at radius 1 is 0.550 bits per heavy atom. The predicted molar refractivity (Wildman–Crippen MR) is 247 cm³/mol. The van der Waals surface area contributed by atoms with E-state index in [-0.39, 0.29) is 44.7 Å². The number of aromatic nitrogens is 2. The van der Waals surface area contributed by atoms with Crippen LogP contribution in [0.15, 0.2) is 146 Å². The number of hydrogen-bond donors (Lipinski definition) is 0. The first-order valence-corrected chi connectivity index (χ1v) is 20.1. The summed E-state index contributed by atoms with van der Waals surface area (Å²) in [6, 6.07) is 56.6. The summed E-state index contributed by atoms with van der Waals surface area (Å²) in [5, 5.41) is 2.28. The average Bonchev–Trinajstić information content (AvgIpc) is 3.76. The van der Waals surface area contributed by atoms with Gasteiger partial charge < -0.3 is 26.5 Å². The summed E-state index contributed by atoms with van der Waals surface area (Å²) in [5.74, 6) is 2.08. The van der Waals surface area contributed by atoms with Gasteiger partial charge in [-0.1, -0.05) is 128 Å². The zero-order valence-electron chi connectivity index (χ0n) is 35.9. The molecule has 0 aliphatic carbocycles. The molecule has 304 valence electrons. The Morgan fingerprint density at radius 3 is 1.93 bits per heavy atom. The molecule has 60 heavy (non-hydrogen) atoms. The number of ether oxygens (including phenoxy) is 1. The van der Waals surface area contributed by atoms with Gasteiger partial charge in [-0.15, -0.1) is 48.1 Å². The van der Waals surface area contributed by atoms with Crippen LogP contribution in [0.2, 0.25) is 0 Å². The van der Waals surface area contributed by atoms with Crippen molar-refractivity contribution in [2.75, 3.05) is 9.80 Å². The average molecular weight is 968 g/mol. The first-order chi connectivity index (χ1) is 27.8. The van der Waals surface area contributed by atoms with E-state index in [9.17, 15) is 0 Å². The van der Waals surface area contributed by atoms with Gasteiger partial charge in [-0.05, 0) is 80.9 Å². The molecule has 5 nitrogen and oxygen atoms in total. The molecule has 0 fully saturated rings. The molecule has 0 saturated carbocycles. The van der Waals surface area contributed by atoms with Crippen LogP contribution in [0.1, 0.15) is 77.6 Å². The molecule has 6 aromatic carbocycles.